The molecule has 3 aromatic carbocycles. The molecule has 5 rings (SSSR count). The molecule has 2 aromatic heterocycles. The number of para-hydroxylation sites is 2. The Morgan fingerprint density at radius 3 is 2.52 bits per heavy atom. The lowest BCUT2D eigenvalue weighted by Gasteiger charge is -2.09. The zero-order valence-electron chi connectivity index (χ0n) is 17.2. The molecule has 0 spiro atoms. The minimum atomic E-state index is 0.713. The zero-order chi connectivity index (χ0) is 21.0. The molecule has 0 unspecified atom stereocenters. The second kappa shape index (κ2) is 8.74. The molecule has 0 fully saturated rings. The predicted octanol–water partition coefficient (Wildman–Crippen LogP) is 6.65. The topological polar surface area (TPSA) is 40.2 Å². The van der Waals surface area contributed by atoms with E-state index in [1.165, 1.54) is 10.5 Å². The SMILES string of the molecule is COc1ccc(-c2occ(Cn3cnc4ccccc43)c2CSc2ccccc2)cc1. The average molecular weight is 427 g/mol. The molecule has 4 nitrogen and oxygen atoms in total. The van der Waals surface area contributed by atoms with Gasteiger partial charge in [0.2, 0.25) is 0 Å². The van der Waals surface area contributed by atoms with E-state index < -0.39 is 0 Å². The molecule has 2 heterocycles. The van der Waals surface area contributed by atoms with Gasteiger partial charge in [-0.1, -0.05) is 30.3 Å². The van der Waals surface area contributed by atoms with Gasteiger partial charge in [-0.3, -0.25) is 0 Å². The lowest BCUT2D eigenvalue weighted by Crippen LogP contribution is -2.00. The number of hydrogen-bond donors (Lipinski definition) is 0. The molecule has 0 atom stereocenters. The van der Waals surface area contributed by atoms with E-state index in [-0.39, 0.29) is 0 Å². The number of furan rings is 1. The van der Waals surface area contributed by atoms with E-state index >= 15 is 0 Å². The number of hydrogen-bond acceptors (Lipinski definition) is 4. The number of fused-ring (bicyclic) bond motifs is 1. The highest BCUT2D eigenvalue weighted by atomic mass is 32.2. The Labute approximate surface area is 185 Å². The summed E-state index contributed by atoms with van der Waals surface area (Å²) in [5, 5.41) is 0. The molecule has 0 aliphatic rings. The molecule has 0 bridgehead atoms. The number of benzene rings is 3. The van der Waals surface area contributed by atoms with Crippen LogP contribution in [0, 0.1) is 0 Å². The molecule has 0 saturated heterocycles. The van der Waals surface area contributed by atoms with Crippen molar-refractivity contribution in [3.8, 4) is 17.1 Å². The summed E-state index contributed by atoms with van der Waals surface area (Å²) < 4.78 is 13.6. The Hall–Kier alpha value is -3.44. The molecule has 0 saturated carbocycles. The van der Waals surface area contributed by atoms with Gasteiger partial charge in [-0.2, -0.15) is 0 Å². The molecule has 31 heavy (non-hydrogen) atoms. The Morgan fingerprint density at radius 2 is 1.71 bits per heavy atom. The van der Waals surface area contributed by atoms with Crippen LogP contribution in [0.15, 0.2) is 101 Å². The molecule has 0 aliphatic heterocycles. The van der Waals surface area contributed by atoms with Crippen LogP contribution in [0.1, 0.15) is 11.1 Å². The summed E-state index contributed by atoms with van der Waals surface area (Å²) in [6, 6.07) is 26.7. The normalized spacial score (nSPS) is 11.1. The van der Waals surface area contributed by atoms with Crippen molar-refractivity contribution in [1.29, 1.82) is 0 Å². The zero-order valence-corrected chi connectivity index (χ0v) is 18.0. The third kappa shape index (κ3) is 4.09. The number of aromatic nitrogens is 2. The lowest BCUT2D eigenvalue weighted by atomic mass is 10.1. The minimum absolute atomic E-state index is 0.713. The summed E-state index contributed by atoms with van der Waals surface area (Å²) in [4.78, 5) is 5.77. The number of rotatable bonds is 7. The number of ether oxygens (including phenoxy) is 1. The minimum Gasteiger partial charge on any atom is -0.497 e. The van der Waals surface area contributed by atoms with Crippen LogP contribution >= 0.6 is 11.8 Å². The number of thioether (sulfide) groups is 1. The monoisotopic (exact) mass is 426 g/mol. The van der Waals surface area contributed by atoms with Gasteiger partial charge in [-0.05, 0) is 48.5 Å². The lowest BCUT2D eigenvalue weighted by molar-refractivity contribution is 0.415. The summed E-state index contributed by atoms with van der Waals surface area (Å²) >= 11 is 1.82. The first kappa shape index (κ1) is 19.5. The standard InChI is InChI=1S/C26H22N2O2S/c1-29-21-13-11-19(12-14-21)26-23(17-31-22-7-3-2-4-8-22)20(16-30-26)15-28-18-27-24-9-5-6-10-25(24)28/h2-14,16,18H,15,17H2,1H3. The van der Waals surface area contributed by atoms with Gasteiger partial charge in [0.25, 0.3) is 0 Å². The number of methoxy groups -OCH3 is 1. The average Bonchev–Trinajstić information content (AvgIpc) is 3.43. The molecule has 154 valence electrons. The van der Waals surface area contributed by atoms with Crippen molar-refractivity contribution in [2.45, 2.75) is 17.2 Å². The van der Waals surface area contributed by atoms with E-state index in [0.717, 1.165) is 39.4 Å². The van der Waals surface area contributed by atoms with Crippen LogP contribution in [0.25, 0.3) is 22.4 Å². The maximum atomic E-state index is 6.12. The predicted molar refractivity (Wildman–Crippen MR) is 126 cm³/mol. The second-order valence-electron chi connectivity index (χ2n) is 7.26. The van der Waals surface area contributed by atoms with Gasteiger partial charge in [0.05, 0.1) is 37.3 Å². The van der Waals surface area contributed by atoms with E-state index in [9.17, 15) is 0 Å². The van der Waals surface area contributed by atoms with Gasteiger partial charge in [-0.15, -0.1) is 11.8 Å². The van der Waals surface area contributed by atoms with Crippen LogP contribution in [0.4, 0.5) is 0 Å². The van der Waals surface area contributed by atoms with Crippen LogP contribution in [0.2, 0.25) is 0 Å². The van der Waals surface area contributed by atoms with Gasteiger partial charge in [0, 0.05) is 27.3 Å². The first-order valence-corrected chi connectivity index (χ1v) is 11.1. The van der Waals surface area contributed by atoms with E-state index in [0.29, 0.717) is 6.54 Å². The van der Waals surface area contributed by atoms with E-state index in [1.54, 1.807) is 7.11 Å². The summed E-state index contributed by atoms with van der Waals surface area (Å²) in [5.74, 6) is 2.57. The van der Waals surface area contributed by atoms with Gasteiger partial charge in [0.1, 0.15) is 11.5 Å². The Bertz CT molecular complexity index is 1290. The Morgan fingerprint density at radius 1 is 0.935 bits per heavy atom. The van der Waals surface area contributed by atoms with Crippen molar-refractivity contribution in [2.75, 3.05) is 7.11 Å². The maximum Gasteiger partial charge on any atom is 0.138 e. The third-order valence-corrected chi connectivity index (χ3v) is 6.37. The van der Waals surface area contributed by atoms with Crippen molar-refractivity contribution >= 4 is 22.8 Å². The molecule has 5 aromatic rings. The molecule has 0 amide bonds. The van der Waals surface area contributed by atoms with E-state index in [1.807, 2.05) is 72.9 Å². The van der Waals surface area contributed by atoms with Crippen molar-refractivity contribution in [1.82, 2.24) is 9.55 Å². The van der Waals surface area contributed by atoms with Crippen LogP contribution in [-0.2, 0) is 12.3 Å². The molecule has 0 N–H and O–H groups in total. The van der Waals surface area contributed by atoms with Crippen LogP contribution in [0.5, 0.6) is 5.75 Å². The van der Waals surface area contributed by atoms with Crippen molar-refractivity contribution in [2.24, 2.45) is 0 Å². The molecule has 5 heteroatoms. The van der Waals surface area contributed by atoms with Crippen LogP contribution < -0.4 is 4.74 Å². The first-order chi connectivity index (χ1) is 15.3. The van der Waals surface area contributed by atoms with Gasteiger partial charge in [0.15, 0.2) is 0 Å². The number of imidazole rings is 1. The molecular weight excluding hydrogens is 404 g/mol. The van der Waals surface area contributed by atoms with Crippen molar-refractivity contribution < 1.29 is 9.15 Å². The Kier molecular flexibility index (Phi) is 5.50. The highest BCUT2D eigenvalue weighted by Gasteiger charge is 2.17. The molecule has 0 radical (unpaired) electrons. The maximum absolute atomic E-state index is 6.12. The first-order valence-electron chi connectivity index (χ1n) is 10.1. The highest BCUT2D eigenvalue weighted by molar-refractivity contribution is 7.98. The fourth-order valence-electron chi connectivity index (χ4n) is 3.69. The second-order valence-corrected chi connectivity index (χ2v) is 8.31. The van der Waals surface area contributed by atoms with E-state index in [4.69, 9.17) is 9.15 Å². The van der Waals surface area contributed by atoms with E-state index in [2.05, 4.69) is 39.9 Å². The van der Waals surface area contributed by atoms with Gasteiger partial charge in [-0.25, -0.2) is 4.98 Å². The highest BCUT2D eigenvalue weighted by Crippen LogP contribution is 2.35. The fraction of sp³-hybridized carbons (Fsp3) is 0.115. The Balaban J connectivity index is 1.51. The summed E-state index contributed by atoms with van der Waals surface area (Å²) in [6.07, 6.45) is 3.79. The molecule has 0 aliphatic carbocycles. The quantitative estimate of drug-likeness (QED) is 0.273. The number of nitrogens with zero attached hydrogens (tertiary/aromatic N) is 2. The van der Waals surface area contributed by atoms with Crippen LogP contribution in [0.3, 0.4) is 0 Å². The summed E-state index contributed by atoms with van der Waals surface area (Å²) in [7, 11) is 1.68. The fourth-order valence-corrected chi connectivity index (χ4v) is 4.66. The van der Waals surface area contributed by atoms with Gasteiger partial charge >= 0.3 is 0 Å². The molecular formula is C26H22N2O2S. The van der Waals surface area contributed by atoms with Crippen LogP contribution in [-0.4, -0.2) is 16.7 Å². The third-order valence-electron chi connectivity index (χ3n) is 5.33. The van der Waals surface area contributed by atoms with Crippen molar-refractivity contribution in [3.63, 3.8) is 0 Å². The smallest absolute Gasteiger partial charge is 0.138 e. The summed E-state index contributed by atoms with van der Waals surface area (Å²) in [6.45, 7) is 0.713. The van der Waals surface area contributed by atoms with Crippen molar-refractivity contribution in [3.05, 3.63) is 103 Å². The van der Waals surface area contributed by atoms with Gasteiger partial charge < -0.3 is 13.7 Å². The largest absolute Gasteiger partial charge is 0.497 e. The summed E-state index contributed by atoms with van der Waals surface area (Å²) in [5.41, 5.74) is 5.54.